The molecule has 1 amide bonds. The molecular formula is C14H21NO4. The van der Waals surface area contributed by atoms with Crippen molar-refractivity contribution in [3.05, 3.63) is 12.7 Å². The number of aliphatic carboxylic acids is 1. The first-order valence-electron chi connectivity index (χ1n) is 6.87. The second kappa shape index (κ2) is 5.63. The van der Waals surface area contributed by atoms with Gasteiger partial charge in [0.25, 0.3) is 0 Å². The van der Waals surface area contributed by atoms with Gasteiger partial charge in [-0.15, -0.1) is 0 Å². The van der Waals surface area contributed by atoms with Crippen LogP contribution in [-0.2, 0) is 9.53 Å². The van der Waals surface area contributed by atoms with Crippen LogP contribution in [0.5, 0.6) is 0 Å². The zero-order chi connectivity index (χ0) is 13.9. The van der Waals surface area contributed by atoms with E-state index in [-0.39, 0.29) is 18.7 Å². The fourth-order valence-electron chi connectivity index (χ4n) is 3.31. The highest BCUT2D eigenvalue weighted by atomic mass is 16.6. The van der Waals surface area contributed by atoms with Gasteiger partial charge in [0.1, 0.15) is 6.61 Å². The lowest BCUT2D eigenvalue weighted by Crippen LogP contribution is -2.56. The zero-order valence-electron chi connectivity index (χ0n) is 11.1. The number of amides is 1. The van der Waals surface area contributed by atoms with Gasteiger partial charge in [0.15, 0.2) is 0 Å². The van der Waals surface area contributed by atoms with Gasteiger partial charge in [-0.2, -0.15) is 0 Å². The predicted octanol–water partition coefficient (Wildman–Crippen LogP) is 2.42. The van der Waals surface area contributed by atoms with Gasteiger partial charge in [-0.05, 0) is 25.7 Å². The largest absolute Gasteiger partial charge is 0.481 e. The highest BCUT2D eigenvalue weighted by molar-refractivity contribution is 5.74. The molecule has 5 nitrogen and oxygen atoms in total. The minimum absolute atomic E-state index is 0.162. The van der Waals surface area contributed by atoms with Crippen molar-refractivity contribution >= 4 is 12.1 Å². The molecule has 1 saturated heterocycles. The van der Waals surface area contributed by atoms with Gasteiger partial charge in [-0.1, -0.05) is 25.5 Å². The number of rotatable bonds is 3. The Morgan fingerprint density at radius 3 is 2.63 bits per heavy atom. The maximum atomic E-state index is 12.1. The number of carbonyl (C=O) groups is 2. The van der Waals surface area contributed by atoms with Crippen molar-refractivity contribution in [2.45, 2.75) is 44.1 Å². The Hall–Kier alpha value is -1.52. The standard InChI is InChI=1S/C14H21NO4/c1-2-9-19-13(18)15-10-11(12(16)17)5-8-14(15)6-3-4-7-14/h2,11H,1,3-10H2,(H,16,17). The van der Waals surface area contributed by atoms with Crippen molar-refractivity contribution in [3.63, 3.8) is 0 Å². The van der Waals surface area contributed by atoms with Gasteiger partial charge < -0.3 is 14.7 Å². The SMILES string of the molecule is C=CCOC(=O)N1CC(C(=O)O)CCC12CCCC2. The van der Waals surface area contributed by atoms with E-state index in [1.165, 1.54) is 6.08 Å². The first-order chi connectivity index (χ1) is 9.09. The third kappa shape index (κ3) is 2.74. The molecule has 1 saturated carbocycles. The molecule has 0 aromatic rings. The highest BCUT2D eigenvalue weighted by Crippen LogP contribution is 2.43. The summed E-state index contributed by atoms with van der Waals surface area (Å²) in [5.41, 5.74) is -0.162. The summed E-state index contributed by atoms with van der Waals surface area (Å²) in [7, 11) is 0. The number of carboxylic acids is 1. The van der Waals surface area contributed by atoms with E-state index in [9.17, 15) is 9.59 Å². The summed E-state index contributed by atoms with van der Waals surface area (Å²) in [4.78, 5) is 25.0. The second-order valence-corrected chi connectivity index (χ2v) is 5.48. The summed E-state index contributed by atoms with van der Waals surface area (Å²) < 4.78 is 5.12. The summed E-state index contributed by atoms with van der Waals surface area (Å²) in [6.07, 6.45) is 6.68. The number of nitrogens with zero attached hydrogens (tertiary/aromatic N) is 1. The number of hydrogen-bond acceptors (Lipinski definition) is 3. The number of carboxylic acid groups (broad SMARTS) is 1. The number of ether oxygens (including phenoxy) is 1. The molecule has 19 heavy (non-hydrogen) atoms. The lowest BCUT2D eigenvalue weighted by molar-refractivity contribution is -0.144. The van der Waals surface area contributed by atoms with Crippen LogP contribution in [0.3, 0.4) is 0 Å². The van der Waals surface area contributed by atoms with E-state index in [0.29, 0.717) is 6.42 Å². The van der Waals surface area contributed by atoms with Gasteiger partial charge in [0.05, 0.1) is 5.92 Å². The van der Waals surface area contributed by atoms with Crippen LogP contribution in [0.15, 0.2) is 12.7 Å². The van der Waals surface area contributed by atoms with Crippen molar-refractivity contribution in [1.82, 2.24) is 4.90 Å². The molecular weight excluding hydrogens is 246 g/mol. The molecule has 2 aliphatic rings. The van der Waals surface area contributed by atoms with Crippen LogP contribution >= 0.6 is 0 Å². The molecule has 1 aliphatic carbocycles. The van der Waals surface area contributed by atoms with Crippen LogP contribution in [0.25, 0.3) is 0 Å². The van der Waals surface area contributed by atoms with Crippen LogP contribution in [-0.4, -0.2) is 40.8 Å². The Balaban J connectivity index is 2.13. The van der Waals surface area contributed by atoms with Gasteiger partial charge in [0, 0.05) is 12.1 Å². The highest BCUT2D eigenvalue weighted by Gasteiger charge is 2.47. The molecule has 0 bridgehead atoms. The van der Waals surface area contributed by atoms with E-state index in [0.717, 1.165) is 32.1 Å². The smallest absolute Gasteiger partial charge is 0.410 e. The van der Waals surface area contributed by atoms with E-state index in [1.807, 2.05) is 0 Å². The first-order valence-corrected chi connectivity index (χ1v) is 6.87. The molecule has 1 unspecified atom stereocenters. The van der Waals surface area contributed by atoms with E-state index in [1.54, 1.807) is 4.90 Å². The Kier molecular flexibility index (Phi) is 4.12. The molecule has 0 radical (unpaired) electrons. The summed E-state index contributed by atoms with van der Waals surface area (Å²) in [5, 5.41) is 9.15. The number of piperidine rings is 1. The summed E-state index contributed by atoms with van der Waals surface area (Å²) in [6.45, 7) is 3.96. The van der Waals surface area contributed by atoms with E-state index in [4.69, 9.17) is 9.84 Å². The maximum absolute atomic E-state index is 12.1. The van der Waals surface area contributed by atoms with Crippen molar-refractivity contribution in [2.24, 2.45) is 5.92 Å². The van der Waals surface area contributed by atoms with Gasteiger partial charge in [-0.3, -0.25) is 4.79 Å². The lowest BCUT2D eigenvalue weighted by atomic mass is 9.81. The fraction of sp³-hybridized carbons (Fsp3) is 0.714. The van der Waals surface area contributed by atoms with Crippen molar-refractivity contribution in [1.29, 1.82) is 0 Å². The molecule has 1 heterocycles. The minimum Gasteiger partial charge on any atom is -0.481 e. The molecule has 0 aromatic heterocycles. The third-order valence-corrected chi connectivity index (χ3v) is 4.36. The Labute approximate surface area is 113 Å². The van der Waals surface area contributed by atoms with Crippen molar-refractivity contribution in [3.8, 4) is 0 Å². The molecule has 2 fully saturated rings. The first kappa shape index (κ1) is 13.9. The second-order valence-electron chi connectivity index (χ2n) is 5.48. The van der Waals surface area contributed by atoms with Crippen molar-refractivity contribution in [2.75, 3.05) is 13.2 Å². The zero-order valence-corrected chi connectivity index (χ0v) is 11.1. The molecule has 1 aliphatic heterocycles. The van der Waals surface area contributed by atoms with Gasteiger partial charge >= 0.3 is 12.1 Å². The maximum Gasteiger partial charge on any atom is 0.410 e. The average Bonchev–Trinajstić information content (AvgIpc) is 2.85. The van der Waals surface area contributed by atoms with E-state index in [2.05, 4.69) is 6.58 Å². The van der Waals surface area contributed by atoms with Crippen LogP contribution in [0.1, 0.15) is 38.5 Å². The summed E-state index contributed by atoms with van der Waals surface area (Å²) >= 11 is 0. The predicted molar refractivity (Wildman–Crippen MR) is 69.8 cm³/mol. The quantitative estimate of drug-likeness (QED) is 0.797. The van der Waals surface area contributed by atoms with Crippen LogP contribution in [0, 0.1) is 5.92 Å². The molecule has 0 aromatic carbocycles. The fourth-order valence-corrected chi connectivity index (χ4v) is 3.31. The molecule has 1 spiro atoms. The van der Waals surface area contributed by atoms with Crippen molar-refractivity contribution < 1.29 is 19.4 Å². The van der Waals surface area contributed by atoms with Gasteiger partial charge in [0.2, 0.25) is 0 Å². The Bertz CT molecular complexity index is 374. The number of hydrogen-bond donors (Lipinski definition) is 1. The Morgan fingerprint density at radius 1 is 1.37 bits per heavy atom. The summed E-state index contributed by atoms with van der Waals surface area (Å²) in [5.74, 6) is -1.29. The monoisotopic (exact) mass is 267 g/mol. The third-order valence-electron chi connectivity index (χ3n) is 4.36. The van der Waals surface area contributed by atoms with E-state index >= 15 is 0 Å². The Morgan fingerprint density at radius 2 is 2.05 bits per heavy atom. The summed E-state index contributed by atoms with van der Waals surface area (Å²) in [6, 6.07) is 0. The van der Waals surface area contributed by atoms with E-state index < -0.39 is 18.0 Å². The minimum atomic E-state index is -0.825. The molecule has 1 atom stereocenters. The number of carbonyl (C=O) groups excluding carboxylic acids is 1. The number of likely N-dealkylation sites (tertiary alicyclic amines) is 1. The van der Waals surface area contributed by atoms with Crippen LogP contribution in [0.4, 0.5) is 4.79 Å². The molecule has 2 rings (SSSR count). The van der Waals surface area contributed by atoms with Gasteiger partial charge in [-0.25, -0.2) is 4.79 Å². The molecule has 106 valence electrons. The topological polar surface area (TPSA) is 66.8 Å². The molecule has 5 heteroatoms. The van der Waals surface area contributed by atoms with Crippen LogP contribution in [0.2, 0.25) is 0 Å². The van der Waals surface area contributed by atoms with Crippen LogP contribution < -0.4 is 0 Å². The average molecular weight is 267 g/mol. The normalized spacial score (nSPS) is 25.3. The lowest BCUT2D eigenvalue weighted by Gasteiger charge is -2.46. The molecule has 1 N–H and O–H groups in total.